The largest absolute Gasteiger partial charge is 0.480 e. The van der Waals surface area contributed by atoms with E-state index in [1.807, 2.05) is 31.2 Å². The quantitative estimate of drug-likeness (QED) is 0.856. The predicted molar refractivity (Wildman–Crippen MR) is 82.1 cm³/mol. The molecule has 21 heavy (non-hydrogen) atoms. The zero-order valence-electron chi connectivity index (χ0n) is 12.2. The molecule has 0 spiro atoms. The smallest absolute Gasteiger partial charge is 0.259 e. The second-order valence-corrected chi connectivity index (χ2v) is 4.58. The Morgan fingerprint density at radius 1 is 1.29 bits per heavy atom. The number of rotatable bonds is 5. The molecule has 0 radical (unpaired) electrons. The Morgan fingerprint density at radius 2 is 2.05 bits per heavy atom. The van der Waals surface area contributed by atoms with E-state index >= 15 is 0 Å². The summed E-state index contributed by atoms with van der Waals surface area (Å²) in [5.74, 6) is 0.215. The van der Waals surface area contributed by atoms with Gasteiger partial charge in [-0.2, -0.15) is 0 Å². The molecule has 0 atom stereocenters. The molecule has 0 aliphatic rings. The van der Waals surface area contributed by atoms with Crippen molar-refractivity contribution >= 4 is 11.6 Å². The van der Waals surface area contributed by atoms with E-state index in [9.17, 15) is 4.79 Å². The SMILES string of the molecule is CCN(Cc1ccccc1N)C(=O)c1cccnc1OC. The summed E-state index contributed by atoms with van der Waals surface area (Å²) in [6.07, 6.45) is 1.60. The van der Waals surface area contributed by atoms with Crippen LogP contribution < -0.4 is 10.5 Å². The van der Waals surface area contributed by atoms with Gasteiger partial charge in [0, 0.05) is 25.0 Å². The molecule has 0 fully saturated rings. The molecular weight excluding hydrogens is 266 g/mol. The molecule has 1 aromatic carbocycles. The van der Waals surface area contributed by atoms with Gasteiger partial charge in [-0.15, -0.1) is 0 Å². The van der Waals surface area contributed by atoms with Crippen molar-refractivity contribution < 1.29 is 9.53 Å². The molecule has 0 aliphatic heterocycles. The Kier molecular flexibility index (Phi) is 4.77. The summed E-state index contributed by atoms with van der Waals surface area (Å²) in [6.45, 7) is 2.96. The van der Waals surface area contributed by atoms with E-state index < -0.39 is 0 Å². The number of nitrogens with zero attached hydrogens (tertiary/aromatic N) is 2. The number of carbonyl (C=O) groups is 1. The summed E-state index contributed by atoms with van der Waals surface area (Å²) in [5, 5.41) is 0. The van der Waals surface area contributed by atoms with Crippen LogP contribution in [0.1, 0.15) is 22.8 Å². The number of para-hydroxylation sites is 1. The lowest BCUT2D eigenvalue weighted by Crippen LogP contribution is -2.31. The third-order valence-electron chi connectivity index (χ3n) is 3.28. The topological polar surface area (TPSA) is 68.5 Å². The number of aromatic nitrogens is 1. The zero-order chi connectivity index (χ0) is 15.2. The van der Waals surface area contributed by atoms with E-state index in [-0.39, 0.29) is 5.91 Å². The number of amides is 1. The molecule has 0 saturated heterocycles. The summed E-state index contributed by atoms with van der Waals surface area (Å²) in [5.41, 5.74) is 8.01. The average Bonchev–Trinajstić information content (AvgIpc) is 2.53. The van der Waals surface area contributed by atoms with E-state index in [4.69, 9.17) is 10.5 Å². The van der Waals surface area contributed by atoms with Crippen molar-refractivity contribution in [1.82, 2.24) is 9.88 Å². The fraction of sp³-hybridized carbons (Fsp3) is 0.250. The standard InChI is InChI=1S/C16H19N3O2/c1-3-19(11-12-7-4-5-9-14(12)17)16(20)13-8-6-10-18-15(13)21-2/h4-10H,3,11,17H2,1-2H3. The van der Waals surface area contributed by atoms with Crippen LogP contribution in [0.3, 0.4) is 0 Å². The monoisotopic (exact) mass is 285 g/mol. The number of benzene rings is 1. The molecule has 0 saturated carbocycles. The maximum absolute atomic E-state index is 12.6. The van der Waals surface area contributed by atoms with Gasteiger partial charge in [-0.05, 0) is 30.7 Å². The third-order valence-corrected chi connectivity index (χ3v) is 3.28. The molecule has 0 aliphatic carbocycles. The molecule has 1 heterocycles. The molecule has 0 bridgehead atoms. The Labute approximate surface area is 124 Å². The minimum atomic E-state index is -0.120. The fourth-order valence-electron chi connectivity index (χ4n) is 2.10. The first-order valence-electron chi connectivity index (χ1n) is 6.79. The molecule has 1 aromatic heterocycles. The van der Waals surface area contributed by atoms with Crippen molar-refractivity contribution in [1.29, 1.82) is 0 Å². The second-order valence-electron chi connectivity index (χ2n) is 4.58. The number of hydrogen-bond acceptors (Lipinski definition) is 4. The number of pyridine rings is 1. The molecule has 2 aromatic rings. The first kappa shape index (κ1) is 14.8. The van der Waals surface area contributed by atoms with Crippen LogP contribution in [0.5, 0.6) is 5.88 Å². The van der Waals surface area contributed by atoms with Gasteiger partial charge in [-0.1, -0.05) is 18.2 Å². The Morgan fingerprint density at radius 3 is 2.71 bits per heavy atom. The third kappa shape index (κ3) is 3.31. The number of ether oxygens (including phenoxy) is 1. The lowest BCUT2D eigenvalue weighted by Gasteiger charge is -2.22. The number of carbonyl (C=O) groups excluding carboxylic acids is 1. The van der Waals surface area contributed by atoms with Gasteiger partial charge in [-0.3, -0.25) is 4.79 Å². The summed E-state index contributed by atoms with van der Waals surface area (Å²) < 4.78 is 5.15. The number of anilines is 1. The van der Waals surface area contributed by atoms with Gasteiger partial charge in [0.2, 0.25) is 5.88 Å². The Balaban J connectivity index is 2.25. The lowest BCUT2D eigenvalue weighted by atomic mass is 10.1. The van der Waals surface area contributed by atoms with Gasteiger partial charge in [0.25, 0.3) is 5.91 Å². The maximum atomic E-state index is 12.6. The van der Waals surface area contributed by atoms with Crippen LogP contribution in [0.25, 0.3) is 0 Å². The van der Waals surface area contributed by atoms with Crippen LogP contribution >= 0.6 is 0 Å². The highest BCUT2D eigenvalue weighted by Crippen LogP contribution is 2.19. The molecule has 5 nitrogen and oxygen atoms in total. The van der Waals surface area contributed by atoms with Crippen LogP contribution in [0, 0.1) is 0 Å². The number of nitrogens with two attached hydrogens (primary N) is 1. The van der Waals surface area contributed by atoms with Crippen LogP contribution in [0.15, 0.2) is 42.6 Å². The molecular formula is C16H19N3O2. The van der Waals surface area contributed by atoms with E-state index in [1.54, 1.807) is 23.2 Å². The minimum Gasteiger partial charge on any atom is -0.480 e. The summed E-state index contributed by atoms with van der Waals surface area (Å²) in [6, 6.07) is 11.0. The van der Waals surface area contributed by atoms with Crippen molar-refractivity contribution in [2.75, 3.05) is 19.4 Å². The van der Waals surface area contributed by atoms with Crippen LogP contribution in [0.4, 0.5) is 5.69 Å². The second kappa shape index (κ2) is 6.74. The highest BCUT2D eigenvalue weighted by Gasteiger charge is 2.19. The van der Waals surface area contributed by atoms with Crippen molar-refractivity contribution in [2.45, 2.75) is 13.5 Å². The normalized spacial score (nSPS) is 10.2. The van der Waals surface area contributed by atoms with Crippen molar-refractivity contribution in [3.63, 3.8) is 0 Å². The average molecular weight is 285 g/mol. The van der Waals surface area contributed by atoms with Gasteiger partial charge in [-0.25, -0.2) is 4.98 Å². The fourth-order valence-corrected chi connectivity index (χ4v) is 2.10. The van der Waals surface area contributed by atoms with Gasteiger partial charge < -0.3 is 15.4 Å². The zero-order valence-corrected chi connectivity index (χ0v) is 12.2. The first-order chi connectivity index (χ1) is 10.2. The van der Waals surface area contributed by atoms with Gasteiger partial charge in [0.1, 0.15) is 5.56 Å². The van der Waals surface area contributed by atoms with Crippen molar-refractivity contribution in [3.8, 4) is 5.88 Å². The molecule has 5 heteroatoms. The number of methoxy groups -OCH3 is 1. The van der Waals surface area contributed by atoms with Crippen LogP contribution in [0.2, 0.25) is 0 Å². The number of hydrogen-bond donors (Lipinski definition) is 1. The highest BCUT2D eigenvalue weighted by molar-refractivity contribution is 5.96. The predicted octanol–water partition coefficient (Wildman–Crippen LogP) is 2.33. The molecule has 2 rings (SSSR count). The molecule has 110 valence electrons. The maximum Gasteiger partial charge on any atom is 0.259 e. The Bertz CT molecular complexity index is 628. The van der Waals surface area contributed by atoms with E-state index in [0.29, 0.717) is 30.2 Å². The van der Waals surface area contributed by atoms with Gasteiger partial charge >= 0.3 is 0 Å². The molecule has 1 amide bonds. The van der Waals surface area contributed by atoms with Crippen molar-refractivity contribution in [3.05, 3.63) is 53.7 Å². The summed E-state index contributed by atoms with van der Waals surface area (Å²) in [7, 11) is 1.50. The van der Waals surface area contributed by atoms with E-state index in [2.05, 4.69) is 4.98 Å². The molecule has 2 N–H and O–H groups in total. The summed E-state index contributed by atoms with van der Waals surface area (Å²) >= 11 is 0. The van der Waals surface area contributed by atoms with Gasteiger partial charge in [0.05, 0.1) is 7.11 Å². The highest BCUT2D eigenvalue weighted by atomic mass is 16.5. The van der Waals surface area contributed by atoms with E-state index in [1.165, 1.54) is 7.11 Å². The van der Waals surface area contributed by atoms with E-state index in [0.717, 1.165) is 5.56 Å². The van der Waals surface area contributed by atoms with Crippen molar-refractivity contribution in [2.24, 2.45) is 0 Å². The minimum absolute atomic E-state index is 0.120. The van der Waals surface area contributed by atoms with Crippen LogP contribution in [-0.2, 0) is 6.54 Å². The van der Waals surface area contributed by atoms with Gasteiger partial charge in [0.15, 0.2) is 0 Å². The summed E-state index contributed by atoms with van der Waals surface area (Å²) in [4.78, 5) is 18.4. The van der Waals surface area contributed by atoms with Crippen LogP contribution in [-0.4, -0.2) is 29.4 Å². The number of nitrogen functional groups attached to an aromatic ring is 1. The first-order valence-corrected chi connectivity index (χ1v) is 6.79. The Hall–Kier alpha value is -2.56. The lowest BCUT2D eigenvalue weighted by molar-refractivity contribution is 0.0748. The molecule has 0 unspecified atom stereocenters.